The van der Waals surface area contributed by atoms with E-state index in [1.54, 1.807) is 0 Å². The van der Waals surface area contributed by atoms with Crippen molar-refractivity contribution in [2.45, 2.75) is 19.4 Å². The molecule has 76 valence electrons. The van der Waals surface area contributed by atoms with E-state index in [9.17, 15) is 0 Å². The van der Waals surface area contributed by atoms with E-state index < -0.39 is 0 Å². The zero-order valence-electron chi connectivity index (χ0n) is 8.52. The highest BCUT2D eigenvalue weighted by Gasteiger charge is 2.19. The summed E-state index contributed by atoms with van der Waals surface area (Å²) in [6.45, 7) is 3.06. The number of rotatable bonds is 1. The van der Waals surface area contributed by atoms with Crippen LogP contribution in [0.4, 0.5) is 5.69 Å². The molecule has 0 aromatic heterocycles. The number of anilines is 1. The SMILES string of the molecule is CNC1CCNc2cc(Cl)c(C)cc21. The Hall–Kier alpha value is -0.730. The van der Waals surface area contributed by atoms with Crippen LogP contribution in [-0.4, -0.2) is 13.6 Å². The third-order valence-electron chi connectivity index (χ3n) is 2.80. The molecule has 0 amide bonds. The van der Waals surface area contributed by atoms with Crippen molar-refractivity contribution in [1.82, 2.24) is 5.32 Å². The van der Waals surface area contributed by atoms with Crippen LogP contribution in [0.15, 0.2) is 12.1 Å². The average Bonchev–Trinajstić information content (AvgIpc) is 2.19. The molecule has 0 bridgehead atoms. The van der Waals surface area contributed by atoms with Crippen molar-refractivity contribution in [3.8, 4) is 0 Å². The lowest BCUT2D eigenvalue weighted by molar-refractivity contribution is 0.551. The maximum Gasteiger partial charge on any atom is 0.0455 e. The molecule has 0 spiro atoms. The fourth-order valence-corrected chi connectivity index (χ4v) is 2.12. The van der Waals surface area contributed by atoms with Gasteiger partial charge in [0, 0.05) is 23.3 Å². The molecule has 2 N–H and O–H groups in total. The second kappa shape index (κ2) is 3.79. The van der Waals surface area contributed by atoms with Gasteiger partial charge in [0.25, 0.3) is 0 Å². The van der Waals surface area contributed by atoms with E-state index in [-0.39, 0.29) is 0 Å². The van der Waals surface area contributed by atoms with E-state index >= 15 is 0 Å². The predicted molar refractivity (Wildman–Crippen MR) is 61.1 cm³/mol. The van der Waals surface area contributed by atoms with Crippen molar-refractivity contribution in [3.63, 3.8) is 0 Å². The Kier molecular flexibility index (Phi) is 2.66. The largest absolute Gasteiger partial charge is 0.385 e. The van der Waals surface area contributed by atoms with Gasteiger partial charge in [-0.05, 0) is 37.6 Å². The summed E-state index contributed by atoms with van der Waals surface area (Å²) in [6.07, 6.45) is 1.13. The maximum absolute atomic E-state index is 6.08. The highest BCUT2D eigenvalue weighted by Crippen LogP contribution is 2.33. The molecule has 2 rings (SSSR count). The molecule has 0 saturated carbocycles. The summed E-state index contributed by atoms with van der Waals surface area (Å²) in [4.78, 5) is 0. The molecule has 0 saturated heterocycles. The number of halogens is 1. The third-order valence-corrected chi connectivity index (χ3v) is 3.21. The van der Waals surface area contributed by atoms with E-state index in [4.69, 9.17) is 11.6 Å². The molecule has 1 aromatic carbocycles. The van der Waals surface area contributed by atoms with Gasteiger partial charge in [0.1, 0.15) is 0 Å². The van der Waals surface area contributed by atoms with Crippen molar-refractivity contribution in [2.75, 3.05) is 18.9 Å². The lowest BCUT2D eigenvalue weighted by Gasteiger charge is -2.27. The maximum atomic E-state index is 6.08. The minimum absolute atomic E-state index is 0.460. The molecule has 0 aliphatic carbocycles. The molecule has 2 nitrogen and oxygen atoms in total. The van der Waals surface area contributed by atoms with Crippen LogP contribution in [-0.2, 0) is 0 Å². The van der Waals surface area contributed by atoms with Crippen LogP contribution in [0, 0.1) is 6.92 Å². The number of nitrogens with one attached hydrogen (secondary N) is 2. The normalized spacial score (nSPS) is 20.1. The van der Waals surface area contributed by atoms with Crippen LogP contribution in [0.25, 0.3) is 0 Å². The summed E-state index contributed by atoms with van der Waals surface area (Å²) in [5, 5.41) is 7.53. The van der Waals surface area contributed by atoms with Crippen molar-refractivity contribution >= 4 is 17.3 Å². The van der Waals surface area contributed by atoms with Crippen molar-refractivity contribution in [3.05, 3.63) is 28.3 Å². The highest BCUT2D eigenvalue weighted by atomic mass is 35.5. The molecule has 3 heteroatoms. The Morgan fingerprint density at radius 1 is 1.50 bits per heavy atom. The van der Waals surface area contributed by atoms with E-state index in [1.165, 1.54) is 11.3 Å². The molecular formula is C11H15ClN2. The van der Waals surface area contributed by atoms with Gasteiger partial charge >= 0.3 is 0 Å². The van der Waals surface area contributed by atoms with Crippen molar-refractivity contribution in [2.24, 2.45) is 0 Å². The van der Waals surface area contributed by atoms with Gasteiger partial charge < -0.3 is 10.6 Å². The standard InChI is InChI=1S/C11H15ClN2/c1-7-5-8-10(13-2)3-4-14-11(8)6-9(7)12/h5-6,10,13-14H,3-4H2,1-2H3. The fourth-order valence-electron chi connectivity index (χ4n) is 1.95. The number of hydrogen-bond donors (Lipinski definition) is 2. The Morgan fingerprint density at radius 3 is 3.00 bits per heavy atom. The quantitative estimate of drug-likeness (QED) is 0.745. The summed E-state index contributed by atoms with van der Waals surface area (Å²) < 4.78 is 0. The molecule has 0 radical (unpaired) electrons. The molecule has 0 fully saturated rings. The first kappa shape index (κ1) is 9.81. The number of aryl methyl sites for hydroxylation is 1. The first-order chi connectivity index (χ1) is 6.72. The second-order valence-electron chi connectivity index (χ2n) is 3.75. The molecule has 1 aliphatic rings. The van der Waals surface area contributed by atoms with Gasteiger partial charge in [-0.2, -0.15) is 0 Å². The molecule has 1 unspecified atom stereocenters. The van der Waals surface area contributed by atoms with Crippen LogP contribution in [0.5, 0.6) is 0 Å². The van der Waals surface area contributed by atoms with Crippen LogP contribution < -0.4 is 10.6 Å². The first-order valence-electron chi connectivity index (χ1n) is 4.93. The van der Waals surface area contributed by atoms with E-state index in [0.29, 0.717) is 6.04 Å². The lowest BCUT2D eigenvalue weighted by atomic mass is 9.96. The zero-order valence-corrected chi connectivity index (χ0v) is 9.28. The Balaban J connectivity index is 2.47. The van der Waals surface area contributed by atoms with Gasteiger partial charge in [0.15, 0.2) is 0 Å². The van der Waals surface area contributed by atoms with Gasteiger partial charge in [0.05, 0.1) is 0 Å². The van der Waals surface area contributed by atoms with Crippen molar-refractivity contribution in [1.29, 1.82) is 0 Å². The summed E-state index contributed by atoms with van der Waals surface area (Å²) in [6, 6.07) is 4.66. The predicted octanol–water partition coefficient (Wildman–Crippen LogP) is 2.72. The monoisotopic (exact) mass is 210 g/mol. The number of fused-ring (bicyclic) bond motifs is 1. The van der Waals surface area contributed by atoms with Crippen LogP contribution in [0.1, 0.15) is 23.6 Å². The molecule has 14 heavy (non-hydrogen) atoms. The zero-order chi connectivity index (χ0) is 10.1. The minimum atomic E-state index is 0.460. The van der Waals surface area contributed by atoms with Crippen LogP contribution >= 0.6 is 11.6 Å². The third kappa shape index (κ3) is 1.60. The summed E-state index contributed by atoms with van der Waals surface area (Å²) in [5.74, 6) is 0. The fraction of sp³-hybridized carbons (Fsp3) is 0.455. The van der Waals surface area contributed by atoms with Gasteiger partial charge in [-0.1, -0.05) is 17.7 Å². The summed E-state index contributed by atoms with van der Waals surface area (Å²) in [7, 11) is 2.00. The second-order valence-corrected chi connectivity index (χ2v) is 4.15. The number of benzene rings is 1. The lowest BCUT2D eigenvalue weighted by Crippen LogP contribution is -2.25. The van der Waals surface area contributed by atoms with Gasteiger partial charge in [-0.25, -0.2) is 0 Å². The van der Waals surface area contributed by atoms with Crippen LogP contribution in [0.2, 0.25) is 5.02 Å². The van der Waals surface area contributed by atoms with Crippen molar-refractivity contribution < 1.29 is 0 Å². The van der Waals surface area contributed by atoms with E-state index in [1.807, 2.05) is 20.0 Å². The summed E-state index contributed by atoms with van der Waals surface area (Å²) >= 11 is 6.08. The van der Waals surface area contributed by atoms with E-state index in [2.05, 4.69) is 16.7 Å². The highest BCUT2D eigenvalue weighted by molar-refractivity contribution is 6.31. The average molecular weight is 211 g/mol. The molecular weight excluding hydrogens is 196 g/mol. The minimum Gasteiger partial charge on any atom is -0.385 e. The Bertz CT molecular complexity index is 349. The summed E-state index contributed by atoms with van der Waals surface area (Å²) in [5.41, 5.74) is 3.65. The molecule has 1 heterocycles. The van der Waals surface area contributed by atoms with Gasteiger partial charge in [0.2, 0.25) is 0 Å². The first-order valence-corrected chi connectivity index (χ1v) is 5.31. The molecule has 1 aromatic rings. The molecule has 1 aliphatic heterocycles. The topological polar surface area (TPSA) is 24.1 Å². The van der Waals surface area contributed by atoms with Gasteiger partial charge in [-0.3, -0.25) is 0 Å². The Morgan fingerprint density at radius 2 is 2.29 bits per heavy atom. The van der Waals surface area contributed by atoms with Crippen LogP contribution in [0.3, 0.4) is 0 Å². The van der Waals surface area contributed by atoms with E-state index in [0.717, 1.165) is 23.6 Å². The van der Waals surface area contributed by atoms with Gasteiger partial charge in [-0.15, -0.1) is 0 Å². The smallest absolute Gasteiger partial charge is 0.0455 e. The Labute approximate surface area is 89.7 Å². The number of hydrogen-bond acceptors (Lipinski definition) is 2. The molecule has 1 atom stereocenters.